The van der Waals surface area contributed by atoms with Crippen molar-refractivity contribution < 1.29 is 18.0 Å². The van der Waals surface area contributed by atoms with Crippen LogP contribution >= 0.6 is 12.8 Å². The highest BCUT2D eigenvalue weighted by Gasteiger charge is 2.35. The van der Waals surface area contributed by atoms with Crippen LogP contribution in [0.25, 0.3) is 5.57 Å². The summed E-state index contributed by atoms with van der Waals surface area (Å²) in [5.41, 5.74) is -1.06. The molecular formula is C10H8F3NOS. The van der Waals surface area contributed by atoms with E-state index in [1.165, 1.54) is 24.3 Å². The van der Waals surface area contributed by atoms with Crippen molar-refractivity contribution in [2.75, 3.05) is 0 Å². The first-order chi connectivity index (χ1) is 7.45. The van der Waals surface area contributed by atoms with Gasteiger partial charge in [0.1, 0.15) is 0 Å². The number of rotatable bonds is 2. The number of alkyl halides is 3. The van der Waals surface area contributed by atoms with Crippen LogP contribution in [0.1, 0.15) is 5.56 Å². The zero-order valence-corrected chi connectivity index (χ0v) is 8.85. The fraction of sp³-hybridized carbons (Fsp3) is 0.100. The first-order valence-electron chi connectivity index (χ1n) is 4.23. The van der Waals surface area contributed by atoms with Gasteiger partial charge in [-0.15, -0.1) is 0 Å². The highest BCUT2D eigenvalue weighted by Crippen LogP contribution is 2.33. The number of amides is 1. The molecule has 1 N–H and O–H groups in total. The molecule has 1 rings (SSSR count). The van der Waals surface area contributed by atoms with Gasteiger partial charge >= 0.3 is 6.18 Å². The summed E-state index contributed by atoms with van der Waals surface area (Å²) < 4.78 is 39.7. The highest BCUT2D eigenvalue weighted by atomic mass is 32.1. The summed E-state index contributed by atoms with van der Waals surface area (Å²) in [4.78, 5) is 10.9. The number of thiol groups is 1. The molecule has 0 saturated carbocycles. The van der Waals surface area contributed by atoms with Crippen molar-refractivity contribution in [2.45, 2.75) is 6.18 Å². The van der Waals surface area contributed by atoms with Gasteiger partial charge in [0.2, 0.25) is 0 Å². The average Bonchev–Trinajstić information content (AvgIpc) is 2.25. The molecule has 0 atom stereocenters. The van der Waals surface area contributed by atoms with Gasteiger partial charge in [0.05, 0.1) is 5.57 Å². The average molecular weight is 247 g/mol. The Hall–Kier alpha value is -1.43. The standard InChI is InChI=1S/C10H8F3NOS/c11-10(12,13)8(6-9(15)14-16)7-4-2-1-3-5-7/h1-6,16H,(H,14,15)/b8-6+. The van der Waals surface area contributed by atoms with E-state index in [2.05, 4.69) is 12.8 Å². The van der Waals surface area contributed by atoms with E-state index in [9.17, 15) is 18.0 Å². The summed E-state index contributed by atoms with van der Waals surface area (Å²) in [6.45, 7) is 0. The Bertz CT molecular complexity index is 400. The van der Waals surface area contributed by atoms with Crippen molar-refractivity contribution in [3.63, 3.8) is 0 Å². The zero-order valence-electron chi connectivity index (χ0n) is 7.95. The molecule has 0 aliphatic carbocycles. The quantitative estimate of drug-likeness (QED) is 0.610. The van der Waals surface area contributed by atoms with E-state index in [4.69, 9.17) is 0 Å². The summed E-state index contributed by atoms with van der Waals surface area (Å²) in [6.07, 6.45) is -4.11. The van der Waals surface area contributed by atoms with Crippen LogP contribution in [-0.4, -0.2) is 12.1 Å². The molecule has 0 bridgehead atoms. The predicted octanol–water partition coefficient (Wildman–Crippen LogP) is 2.59. The maximum atomic E-state index is 12.6. The molecule has 0 radical (unpaired) electrons. The molecule has 0 spiro atoms. The van der Waals surface area contributed by atoms with Gasteiger partial charge in [-0.25, -0.2) is 0 Å². The van der Waals surface area contributed by atoms with Crippen molar-refractivity contribution in [1.82, 2.24) is 4.72 Å². The van der Waals surface area contributed by atoms with E-state index in [1.807, 2.05) is 4.72 Å². The van der Waals surface area contributed by atoms with Crippen LogP contribution < -0.4 is 4.72 Å². The van der Waals surface area contributed by atoms with Crippen LogP contribution in [0.4, 0.5) is 13.2 Å². The smallest absolute Gasteiger partial charge is 0.299 e. The molecule has 16 heavy (non-hydrogen) atoms. The monoisotopic (exact) mass is 247 g/mol. The molecule has 0 heterocycles. The number of nitrogens with one attached hydrogen (secondary N) is 1. The van der Waals surface area contributed by atoms with E-state index < -0.39 is 17.7 Å². The highest BCUT2D eigenvalue weighted by molar-refractivity contribution is 7.78. The topological polar surface area (TPSA) is 29.1 Å². The van der Waals surface area contributed by atoms with Crippen molar-refractivity contribution in [2.24, 2.45) is 0 Å². The van der Waals surface area contributed by atoms with E-state index in [0.29, 0.717) is 6.08 Å². The molecular weight excluding hydrogens is 239 g/mol. The van der Waals surface area contributed by atoms with Gasteiger partial charge in [0, 0.05) is 6.08 Å². The minimum absolute atomic E-state index is 0.0630. The molecule has 0 aliphatic rings. The molecule has 0 saturated heterocycles. The molecule has 0 aliphatic heterocycles. The Morgan fingerprint density at radius 1 is 1.25 bits per heavy atom. The second-order valence-corrected chi connectivity index (χ2v) is 3.12. The second-order valence-electron chi connectivity index (χ2n) is 2.90. The van der Waals surface area contributed by atoms with Gasteiger partial charge < -0.3 is 0 Å². The van der Waals surface area contributed by atoms with Gasteiger partial charge in [-0.05, 0) is 5.56 Å². The number of hydrogen-bond acceptors (Lipinski definition) is 2. The minimum Gasteiger partial charge on any atom is -0.299 e. The summed E-state index contributed by atoms with van der Waals surface area (Å²) in [6, 6.07) is 7.09. The maximum Gasteiger partial charge on any atom is 0.417 e. The molecule has 86 valence electrons. The van der Waals surface area contributed by atoms with Crippen LogP contribution in [-0.2, 0) is 4.79 Å². The van der Waals surface area contributed by atoms with Crippen LogP contribution in [0.3, 0.4) is 0 Å². The Morgan fingerprint density at radius 3 is 2.25 bits per heavy atom. The molecule has 1 aromatic rings. The molecule has 0 aromatic heterocycles. The Balaban J connectivity index is 3.18. The summed E-state index contributed by atoms with van der Waals surface area (Å²) in [5, 5.41) is 0. The summed E-state index contributed by atoms with van der Waals surface area (Å²) in [7, 11) is 0. The predicted molar refractivity (Wildman–Crippen MR) is 57.6 cm³/mol. The fourth-order valence-electron chi connectivity index (χ4n) is 1.11. The number of allylic oxidation sites excluding steroid dienone is 1. The molecule has 2 nitrogen and oxygen atoms in total. The van der Waals surface area contributed by atoms with Crippen LogP contribution in [0.15, 0.2) is 36.4 Å². The van der Waals surface area contributed by atoms with Crippen molar-refractivity contribution in [3.8, 4) is 0 Å². The lowest BCUT2D eigenvalue weighted by Crippen LogP contribution is -2.16. The summed E-state index contributed by atoms with van der Waals surface area (Å²) in [5.74, 6) is -0.917. The van der Waals surface area contributed by atoms with Crippen molar-refractivity contribution in [1.29, 1.82) is 0 Å². The molecule has 6 heteroatoms. The third-order valence-electron chi connectivity index (χ3n) is 1.78. The van der Waals surface area contributed by atoms with Gasteiger partial charge in [-0.3, -0.25) is 9.52 Å². The largest absolute Gasteiger partial charge is 0.417 e. The molecule has 1 aromatic carbocycles. The second kappa shape index (κ2) is 5.07. The summed E-state index contributed by atoms with van der Waals surface area (Å²) >= 11 is 3.39. The van der Waals surface area contributed by atoms with E-state index in [-0.39, 0.29) is 5.56 Å². The number of halogens is 3. The molecule has 1 amide bonds. The Morgan fingerprint density at radius 2 is 1.81 bits per heavy atom. The number of benzene rings is 1. The van der Waals surface area contributed by atoms with Gasteiger partial charge in [-0.1, -0.05) is 43.1 Å². The third-order valence-corrected chi connectivity index (χ3v) is 2.00. The molecule has 0 unspecified atom stereocenters. The number of carbonyl (C=O) groups excluding carboxylic acids is 1. The van der Waals surface area contributed by atoms with Gasteiger partial charge in [0.15, 0.2) is 0 Å². The number of carbonyl (C=O) groups is 1. The lowest BCUT2D eigenvalue weighted by atomic mass is 10.1. The van der Waals surface area contributed by atoms with Gasteiger partial charge in [-0.2, -0.15) is 13.2 Å². The first kappa shape index (κ1) is 12.6. The third kappa shape index (κ3) is 3.30. The normalized spacial score (nSPS) is 12.4. The van der Waals surface area contributed by atoms with Gasteiger partial charge in [0.25, 0.3) is 5.91 Å². The maximum absolute atomic E-state index is 12.6. The zero-order chi connectivity index (χ0) is 12.2. The Kier molecular flexibility index (Phi) is 4.00. The minimum atomic E-state index is -4.58. The Labute approximate surface area is 95.7 Å². The number of hydrogen-bond donors (Lipinski definition) is 2. The van der Waals surface area contributed by atoms with Crippen molar-refractivity contribution >= 4 is 24.3 Å². The first-order valence-corrected chi connectivity index (χ1v) is 4.68. The van der Waals surface area contributed by atoms with Crippen molar-refractivity contribution in [3.05, 3.63) is 42.0 Å². The van der Waals surface area contributed by atoms with E-state index in [0.717, 1.165) is 0 Å². The lowest BCUT2D eigenvalue weighted by Gasteiger charge is -2.11. The van der Waals surface area contributed by atoms with E-state index >= 15 is 0 Å². The fourth-order valence-corrected chi connectivity index (χ4v) is 1.17. The van der Waals surface area contributed by atoms with Crippen LogP contribution in [0.5, 0.6) is 0 Å². The lowest BCUT2D eigenvalue weighted by molar-refractivity contribution is -0.115. The SMILES string of the molecule is O=C(/C=C(\c1ccccc1)C(F)(F)F)NS. The van der Waals surface area contributed by atoms with Crippen LogP contribution in [0, 0.1) is 0 Å². The van der Waals surface area contributed by atoms with Crippen LogP contribution in [0.2, 0.25) is 0 Å². The van der Waals surface area contributed by atoms with E-state index in [1.54, 1.807) is 6.07 Å². The molecule has 0 fully saturated rings.